The van der Waals surface area contributed by atoms with Gasteiger partial charge >= 0.3 is 0 Å². The second-order valence-corrected chi connectivity index (χ2v) is 19.2. The van der Waals surface area contributed by atoms with Crippen LogP contribution >= 0.6 is 0 Å². The molecule has 264 valence electrons. The maximum Gasteiger partial charge on any atom is 0.166 e. The van der Waals surface area contributed by atoms with Crippen molar-refractivity contribution in [1.29, 1.82) is 5.26 Å². The van der Waals surface area contributed by atoms with Crippen molar-refractivity contribution in [2.45, 2.75) is 147 Å². The van der Waals surface area contributed by atoms with Crippen LogP contribution in [0.15, 0.2) is 10.2 Å². The molecule has 0 saturated heterocycles. The molecule has 2 aliphatic heterocycles. The molecule has 10 rings (SSSR count). The lowest BCUT2D eigenvalue weighted by molar-refractivity contribution is -0.208. The third-order valence-corrected chi connectivity index (χ3v) is 18.0. The molecule has 16 atom stereocenters. The molecule has 14 unspecified atom stereocenters. The minimum absolute atomic E-state index is 0.0246. The number of nitrogens with zero attached hydrogens (tertiary/aromatic N) is 4. The molecule has 0 aromatic rings. The first kappa shape index (κ1) is 32.3. The molecule has 8 aliphatic carbocycles. The van der Waals surface area contributed by atoms with E-state index in [9.17, 15) is 10.2 Å². The summed E-state index contributed by atoms with van der Waals surface area (Å²) in [6.07, 6.45) is 29.1. The standard InChI is InChI=1S/C22H33N3O.C19H30N2O/c1-21-10-9-18-17-6-3-2-5-15(17)7-8-19(18)20(21)13-16-14-24-25(12-4-11-23)22(16,21)26;1-18-9-8-15-14-5-3-2-4-12(14)6-7-16(15)17(18)10-13-11-20-21-19(13,18)22/h14-20,26H,2-10,12-13H2,1H3;11-17,21-22H,2-10H2,1H3/t15?,16?,17?,18?,19?,20?,21-,22?;12?,13?,14?,15?,16?,17?,18-,19?/m00/s1. The Morgan fingerprint density at radius 1 is 0.708 bits per heavy atom. The van der Waals surface area contributed by atoms with Gasteiger partial charge in [-0.05, 0) is 136 Å². The van der Waals surface area contributed by atoms with Crippen molar-refractivity contribution in [1.82, 2.24) is 10.4 Å². The topological polar surface area (TPSA) is 104 Å². The molecule has 7 heteroatoms. The van der Waals surface area contributed by atoms with Crippen LogP contribution < -0.4 is 5.43 Å². The van der Waals surface area contributed by atoms with E-state index in [1.54, 1.807) is 0 Å². The maximum absolute atomic E-state index is 11.9. The monoisotopic (exact) mass is 657 g/mol. The van der Waals surface area contributed by atoms with E-state index in [1.807, 2.05) is 17.4 Å². The molecule has 0 aromatic heterocycles. The van der Waals surface area contributed by atoms with Crippen LogP contribution in [0.25, 0.3) is 0 Å². The molecule has 3 N–H and O–H groups in total. The van der Waals surface area contributed by atoms with Gasteiger partial charge in [-0.3, -0.25) is 10.4 Å². The predicted octanol–water partition coefficient (Wildman–Crippen LogP) is 7.69. The summed E-state index contributed by atoms with van der Waals surface area (Å²) >= 11 is 0. The molecule has 0 aromatic carbocycles. The number of nitriles is 1. The van der Waals surface area contributed by atoms with Crippen LogP contribution in [0.2, 0.25) is 0 Å². The lowest BCUT2D eigenvalue weighted by atomic mass is 9.50. The molecule has 48 heavy (non-hydrogen) atoms. The fourth-order valence-corrected chi connectivity index (χ4v) is 15.7. The Balaban J connectivity index is 0.000000132. The van der Waals surface area contributed by atoms with Crippen molar-refractivity contribution in [3.63, 3.8) is 0 Å². The predicted molar refractivity (Wildman–Crippen MR) is 188 cm³/mol. The Bertz CT molecular complexity index is 1350. The summed E-state index contributed by atoms with van der Waals surface area (Å²) < 4.78 is 0. The third-order valence-electron chi connectivity index (χ3n) is 18.0. The van der Waals surface area contributed by atoms with Gasteiger partial charge in [0.25, 0.3) is 0 Å². The van der Waals surface area contributed by atoms with E-state index in [4.69, 9.17) is 5.26 Å². The average molecular weight is 658 g/mol. The molecule has 8 fully saturated rings. The van der Waals surface area contributed by atoms with E-state index in [0.29, 0.717) is 24.8 Å². The van der Waals surface area contributed by atoms with E-state index in [2.05, 4.69) is 35.5 Å². The number of hydrogen-bond donors (Lipinski definition) is 3. The number of hydrazone groups is 2. The van der Waals surface area contributed by atoms with Crippen molar-refractivity contribution < 1.29 is 10.2 Å². The molecular weight excluding hydrogens is 594 g/mol. The molecule has 0 spiro atoms. The van der Waals surface area contributed by atoms with Crippen LogP contribution in [0, 0.1) is 93.2 Å². The molecule has 10 aliphatic rings. The Kier molecular flexibility index (Phi) is 7.86. The van der Waals surface area contributed by atoms with Crippen molar-refractivity contribution >= 4 is 12.4 Å². The first-order valence-corrected chi connectivity index (χ1v) is 20.7. The fourth-order valence-electron chi connectivity index (χ4n) is 15.7. The van der Waals surface area contributed by atoms with Crippen molar-refractivity contribution in [2.24, 2.45) is 92.0 Å². The third kappa shape index (κ3) is 4.35. The Hall–Kier alpha value is -1.65. The Morgan fingerprint density at radius 3 is 1.94 bits per heavy atom. The highest BCUT2D eigenvalue weighted by Gasteiger charge is 2.70. The quantitative estimate of drug-likeness (QED) is 0.283. The number of fused-ring (bicyclic) bond motifs is 14. The summed E-state index contributed by atoms with van der Waals surface area (Å²) in [5.41, 5.74) is 1.44. The van der Waals surface area contributed by atoms with Gasteiger partial charge in [0.2, 0.25) is 0 Å². The van der Waals surface area contributed by atoms with Gasteiger partial charge in [0.05, 0.1) is 19.0 Å². The van der Waals surface area contributed by atoms with Crippen LogP contribution in [0.3, 0.4) is 0 Å². The number of aliphatic hydroxyl groups is 2. The zero-order chi connectivity index (χ0) is 32.9. The Labute approximate surface area is 289 Å². The normalized spacial score (nSPS) is 55.3. The smallest absolute Gasteiger partial charge is 0.166 e. The number of hydrogen-bond acceptors (Lipinski definition) is 7. The van der Waals surface area contributed by atoms with Crippen molar-refractivity contribution in [3.8, 4) is 6.07 Å². The van der Waals surface area contributed by atoms with Gasteiger partial charge in [-0.15, -0.1) is 0 Å². The molecule has 7 nitrogen and oxygen atoms in total. The van der Waals surface area contributed by atoms with Gasteiger partial charge in [-0.1, -0.05) is 52.4 Å². The molecule has 0 bridgehead atoms. The average Bonchev–Trinajstić information content (AvgIpc) is 3.78. The highest BCUT2D eigenvalue weighted by molar-refractivity contribution is 5.66. The van der Waals surface area contributed by atoms with Gasteiger partial charge in [0, 0.05) is 35.1 Å². The van der Waals surface area contributed by atoms with Crippen LogP contribution in [-0.2, 0) is 0 Å². The highest BCUT2D eigenvalue weighted by Crippen LogP contribution is 2.69. The minimum atomic E-state index is -0.858. The second kappa shape index (κ2) is 11.7. The molecular formula is C41H63N5O2. The summed E-state index contributed by atoms with van der Waals surface area (Å²) in [7, 11) is 0. The van der Waals surface area contributed by atoms with Crippen LogP contribution in [0.5, 0.6) is 0 Å². The summed E-state index contributed by atoms with van der Waals surface area (Å²) in [5.74, 6) is 9.23. The minimum Gasteiger partial charge on any atom is -0.368 e. The van der Waals surface area contributed by atoms with Crippen molar-refractivity contribution in [3.05, 3.63) is 0 Å². The number of nitrogens with one attached hydrogen (secondary N) is 1. The molecule has 2 heterocycles. The fraction of sp³-hybridized carbons (Fsp3) is 0.927. The summed E-state index contributed by atoms with van der Waals surface area (Å²) in [4.78, 5) is 0. The first-order chi connectivity index (χ1) is 23.2. The van der Waals surface area contributed by atoms with Gasteiger partial charge in [0.15, 0.2) is 11.4 Å². The second-order valence-electron chi connectivity index (χ2n) is 19.2. The van der Waals surface area contributed by atoms with Crippen LogP contribution in [0.1, 0.15) is 136 Å². The van der Waals surface area contributed by atoms with Gasteiger partial charge in [-0.25, -0.2) is 0 Å². The number of rotatable bonds is 2. The van der Waals surface area contributed by atoms with E-state index in [0.717, 1.165) is 66.6 Å². The molecule has 8 saturated carbocycles. The van der Waals surface area contributed by atoms with E-state index in [-0.39, 0.29) is 22.7 Å². The molecule has 0 amide bonds. The van der Waals surface area contributed by atoms with Gasteiger partial charge < -0.3 is 10.2 Å². The van der Waals surface area contributed by atoms with E-state index < -0.39 is 11.4 Å². The van der Waals surface area contributed by atoms with Gasteiger partial charge in [0.1, 0.15) is 0 Å². The lowest BCUT2D eigenvalue weighted by Crippen LogP contribution is -2.60. The molecule has 0 radical (unpaired) electrons. The van der Waals surface area contributed by atoms with Crippen LogP contribution in [0.4, 0.5) is 0 Å². The van der Waals surface area contributed by atoms with E-state index >= 15 is 0 Å². The van der Waals surface area contributed by atoms with Crippen LogP contribution in [-0.4, -0.2) is 45.6 Å². The van der Waals surface area contributed by atoms with E-state index in [1.165, 1.54) is 96.3 Å². The Morgan fingerprint density at radius 2 is 1.29 bits per heavy atom. The SMILES string of the molecule is C[C@]12CCC3C4CCCCC4CCC3C1CC1C=NN(CCC#N)C12O.C[C@]12CCC3C4CCCCC4CCC3C1CC1C=NNC12O. The maximum atomic E-state index is 11.9. The zero-order valence-corrected chi connectivity index (χ0v) is 29.9. The summed E-state index contributed by atoms with van der Waals surface area (Å²) in [6, 6.07) is 2.23. The lowest BCUT2D eigenvalue weighted by Gasteiger charge is -2.57. The summed E-state index contributed by atoms with van der Waals surface area (Å²) in [5, 5.41) is 42.8. The van der Waals surface area contributed by atoms with Crippen molar-refractivity contribution in [2.75, 3.05) is 6.54 Å². The zero-order valence-electron chi connectivity index (χ0n) is 29.9. The largest absolute Gasteiger partial charge is 0.368 e. The first-order valence-electron chi connectivity index (χ1n) is 20.7. The highest BCUT2D eigenvalue weighted by atomic mass is 16.3. The van der Waals surface area contributed by atoms with Gasteiger partial charge in [-0.2, -0.15) is 15.5 Å². The summed E-state index contributed by atoms with van der Waals surface area (Å²) in [6.45, 7) is 5.25.